The Bertz CT molecular complexity index is 530. The summed E-state index contributed by atoms with van der Waals surface area (Å²) in [6.07, 6.45) is 1.61. The number of nitrogens with one attached hydrogen (secondary N) is 1. The summed E-state index contributed by atoms with van der Waals surface area (Å²) in [7, 11) is 0. The summed E-state index contributed by atoms with van der Waals surface area (Å²) in [5.74, 6) is -0.830. The van der Waals surface area contributed by atoms with Crippen LogP contribution in [0.2, 0.25) is 0 Å². The minimum atomic E-state index is -0.540. The van der Waals surface area contributed by atoms with Crippen molar-refractivity contribution in [2.24, 2.45) is 11.7 Å². The Hall–Kier alpha value is -1.31. The molecular weight excluding hydrogens is 304 g/mol. The van der Waals surface area contributed by atoms with Crippen LogP contribution in [0.5, 0.6) is 0 Å². The average molecular weight is 326 g/mol. The fourth-order valence-electron chi connectivity index (χ4n) is 2.63. The van der Waals surface area contributed by atoms with Crippen LogP contribution >= 0.6 is 11.8 Å². The minimum absolute atomic E-state index is 0.0394. The summed E-state index contributed by atoms with van der Waals surface area (Å²) in [4.78, 5) is 25.7. The first-order chi connectivity index (χ1) is 10.5. The third-order valence-electron chi connectivity index (χ3n) is 3.64. The van der Waals surface area contributed by atoms with Crippen LogP contribution in [-0.2, 0) is 19.1 Å². The molecular formula is C15H22N2O4S. The van der Waals surface area contributed by atoms with Crippen LogP contribution in [-0.4, -0.2) is 37.2 Å². The van der Waals surface area contributed by atoms with Crippen LogP contribution in [0.1, 0.15) is 27.2 Å². The van der Waals surface area contributed by atoms with Gasteiger partial charge < -0.3 is 15.2 Å². The molecule has 2 aliphatic heterocycles. The highest BCUT2D eigenvalue weighted by Gasteiger charge is 2.44. The number of ether oxygens (including phenoxy) is 2. The lowest BCUT2D eigenvalue weighted by atomic mass is 9.90. The van der Waals surface area contributed by atoms with E-state index in [-0.39, 0.29) is 17.8 Å². The van der Waals surface area contributed by atoms with Crippen molar-refractivity contribution in [1.82, 2.24) is 5.32 Å². The number of carbonyl (C=O) groups is 2. The molecule has 0 aromatic rings. The molecule has 7 heteroatoms. The van der Waals surface area contributed by atoms with Gasteiger partial charge in [-0.1, -0.05) is 11.8 Å². The van der Waals surface area contributed by atoms with Gasteiger partial charge in [0.25, 0.3) is 0 Å². The third kappa shape index (κ3) is 3.37. The fourth-order valence-corrected chi connectivity index (χ4v) is 3.98. The second-order valence-corrected chi connectivity index (χ2v) is 6.32. The lowest BCUT2D eigenvalue weighted by Gasteiger charge is -2.30. The van der Waals surface area contributed by atoms with Crippen molar-refractivity contribution in [3.63, 3.8) is 0 Å². The number of ketones is 1. The molecule has 22 heavy (non-hydrogen) atoms. The van der Waals surface area contributed by atoms with Crippen LogP contribution in [0.4, 0.5) is 0 Å². The van der Waals surface area contributed by atoms with E-state index in [0.717, 1.165) is 15.4 Å². The average Bonchev–Trinajstić information content (AvgIpc) is 2.84. The van der Waals surface area contributed by atoms with Gasteiger partial charge in [0.15, 0.2) is 0 Å². The molecule has 0 amide bonds. The number of carbonyl (C=O) groups excluding carboxylic acids is 2. The van der Waals surface area contributed by atoms with Crippen LogP contribution in [0.3, 0.4) is 0 Å². The van der Waals surface area contributed by atoms with E-state index in [9.17, 15) is 9.59 Å². The van der Waals surface area contributed by atoms with E-state index < -0.39 is 12.1 Å². The second kappa shape index (κ2) is 7.30. The Morgan fingerprint density at radius 2 is 2.14 bits per heavy atom. The van der Waals surface area contributed by atoms with Gasteiger partial charge in [0, 0.05) is 11.3 Å². The molecule has 2 rings (SSSR count). The first kappa shape index (κ1) is 17.1. The van der Waals surface area contributed by atoms with Crippen molar-refractivity contribution in [1.29, 1.82) is 0 Å². The van der Waals surface area contributed by atoms with Crippen molar-refractivity contribution >= 4 is 23.5 Å². The van der Waals surface area contributed by atoms with Gasteiger partial charge in [-0.05, 0) is 31.2 Å². The van der Waals surface area contributed by atoms with E-state index >= 15 is 0 Å². The number of thioether (sulfide) groups is 1. The van der Waals surface area contributed by atoms with E-state index in [2.05, 4.69) is 5.32 Å². The molecule has 0 spiro atoms. The normalized spacial score (nSPS) is 29.5. The van der Waals surface area contributed by atoms with E-state index in [1.165, 1.54) is 18.7 Å². The largest absolute Gasteiger partial charge is 0.501 e. The zero-order valence-corrected chi connectivity index (χ0v) is 13.9. The highest BCUT2D eigenvalue weighted by Crippen LogP contribution is 2.49. The summed E-state index contributed by atoms with van der Waals surface area (Å²) in [6.45, 7) is 6.01. The number of hydrogen-bond donors (Lipinski definition) is 2. The highest BCUT2D eigenvalue weighted by atomic mass is 32.2. The van der Waals surface area contributed by atoms with Gasteiger partial charge in [-0.25, -0.2) is 0 Å². The highest BCUT2D eigenvalue weighted by molar-refractivity contribution is 8.07. The Kier molecular flexibility index (Phi) is 5.66. The second-order valence-electron chi connectivity index (χ2n) is 5.15. The molecule has 0 bridgehead atoms. The van der Waals surface area contributed by atoms with Gasteiger partial charge in [0.1, 0.15) is 11.7 Å². The predicted molar refractivity (Wildman–Crippen MR) is 84.6 cm³/mol. The van der Waals surface area contributed by atoms with Crippen LogP contribution in [0, 0.1) is 5.92 Å². The number of esters is 1. The Balaban J connectivity index is 2.33. The van der Waals surface area contributed by atoms with Crippen LogP contribution in [0.25, 0.3) is 0 Å². The number of Topliss-reactive ketones (excluding diaryl/α,β-unsaturated/α-hetero) is 1. The van der Waals surface area contributed by atoms with Crippen LogP contribution in [0.15, 0.2) is 21.6 Å². The number of hydrogen-bond acceptors (Lipinski definition) is 7. The predicted octanol–water partition coefficient (Wildman–Crippen LogP) is 1.28. The number of rotatable bonds is 5. The zero-order valence-electron chi connectivity index (χ0n) is 13.0. The van der Waals surface area contributed by atoms with Crippen LogP contribution < -0.4 is 11.1 Å². The molecule has 0 aromatic heterocycles. The van der Waals surface area contributed by atoms with Gasteiger partial charge in [0.05, 0.1) is 31.7 Å². The van der Waals surface area contributed by atoms with E-state index in [1.807, 2.05) is 6.92 Å². The van der Waals surface area contributed by atoms with Crippen molar-refractivity contribution in [3.05, 3.63) is 21.6 Å². The SMILES string of the molecule is CCOC=C1SC2=C(C(N)NC(C(C)=O)C2)C1C(=O)OCC. The van der Waals surface area contributed by atoms with Gasteiger partial charge >= 0.3 is 5.97 Å². The maximum absolute atomic E-state index is 12.3. The molecule has 6 nitrogen and oxygen atoms in total. The fraction of sp³-hybridized carbons (Fsp3) is 0.600. The van der Waals surface area contributed by atoms with Crippen molar-refractivity contribution in [3.8, 4) is 0 Å². The Morgan fingerprint density at radius 1 is 1.41 bits per heavy atom. The van der Waals surface area contributed by atoms with Gasteiger partial charge in [-0.15, -0.1) is 0 Å². The lowest BCUT2D eigenvalue weighted by molar-refractivity contribution is -0.145. The zero-order chi connectivity index (χ0) is 16.3. The molecule has 3 unspecified atom stereocenters. The van der Waals surface area contributed by atoms with Crippen molar-refractivity contribution in [2.75, 3.05) is 13.2 Å². The minimum Gasteiger partial charge on any atom is -0.501 e. The molecule has 2 heterocycles. The first-order valence-electron chi connectivity index (χ1n) is 7.40. The first-order valence-corrected chi connectivity index (χ1v) is 8.22. The summed E-state index contributed by atoms with van der Waals surface area (Å²) in [5.41, 5.74) is 6.95. The van der Waals surface area contributed by atoms with Gasteiger partial charge in [-0.3, -0.25) is 14.9 Å². The van der Waals surface area contributed by atoms with Gasteiger partial charge in [0.2, 0.25) is 0 Å². The molecule has 0 aromatic carbocycles. The Morgan fingerprint density at radius 3 is 2.73 bits per heavy atom. The molecule has 0 saturated carbocycles. The molecule has 2 aliphatic rings. The van der Waals surface area contributed by atoms with Gasteiger partial charge in [-0.2, -0.15) is 0 Å². The summed E-state index contributed by atoms with van der Waals surface area (Å²) in [6, 6.07) is -0.310. The smallest absolute Gasteiger partial charge is 0.318 e. The topological polar surface area (TPSA) is 90.6 Å². The lowest BCUT2D eigenvalue weighted by Crippen LogP contribution is -2.52. The van der Waals surface area contributed by atoms with E-state index in [0.29, 0.717) is 19.6 Å². The number of nitrogens with two attached hydrogens (primary N) is 1. The third-order valence-corrected chi connectivity index (χ3v) is 4.86. The summed E-state index contributed by atoms with van der Waals surface area (Å²) in [5, 5.41) is 3.07. The molecule has 0 saturated heterocycles. The van der Waals surface area contributed by atoms with Crippen molar-refractivity contribution < 1.29 is 19.1 Å². The molecule has 0 radical (unpaired) electrons. The maximum Gasteiger partial charge on any atom is 0.318 e. The monoisotopic (exact) mass is 326 g/mol. The summed E-state index contributed by atoms with van der Waals surface area (Å²) >= 11 is 1.46. The molecule has 0 fully saturated rings. The molecule has 3 atom stereocenters. The van der Waals surface area contributed by atoms with E-state index in [4.69, 9.17) is 15.2 Å². The Labute approximate surface area is 134 Å². The maximum atomic E-state index is 12.3. The standard InChI is InChI=1S/C15H22N2O4S/c1-4-20-7-11-13(15(19)21-5-2)12-10(22-11)6-9(8(3)18)17-14(12)16/h7,9,13-14,17H,4-6,16H2,1-3H3. The quantitative estimate of drug-likeness (QED) is 0.581. The molecule has 0 aliphatic carbocycles. The summed E-state index contributed by atoms with van der Waals surface area (Å²) < 4.78 is 10.5. The molecule has 122 valence electrons. The van der Waals surface area contributed by atoms with E-state index in [1.54, 1.807) is 13.2 Å². The van der Waals surface area contributed by atoms with Crippen molar-refractivity contribution in [2.45, 2.75) is 39.4 Å². The molecule has 3 N–H and O–H groups in total.